The summed E-state index contributed by atoms with van der Waals surface area (Å²) >= 11 is 8.54. The highest BCUT2D eigenvalue weighted by atomic mass is 127. The van der Waals surface area contributed by atoms with E-state index in [1.807, 2.05) is 55.5 Å². The Labute approximate surface area is 138 Å². The van der Waals surface area contributed by atoms with Gasteiger partial charge in [-0.1, -0.05) is 42.8 Å². The first kappa shape index (κ1) is 15.6. The topological polar surface area (TPSA) is 35.2 Å². The maximum absolute atomic E-state index is 6.28. The lowest BCUT2D eigenvalue weighted by Crippen LogP contribution is -2.31. The third-order valence-electron chi connectivity index (χ3n) is 3.13. The highest BCUT2D eigenvalue weighted by Gasteiger charge is 2.22. The Morgan fingerprint density at radius 2 is 1.95 bits per heavy atom. The highest BCUT2D eigenvalue weighted by Crippen LogP contribution is 2.30. The first-order valence-corrected chi connectivity index (χ1v) is 7.99. The van der Waals surface area contributed by atoms with Gasteiger partial charge in [0.15, 0.2) is 0 Å². The van der Waals surface area contributed by atoms with Crippen LogP contribution in [0.2, 0.25) is 5.02 Å². The number of hydrogen-bond donors (Lipinski definition) is 1. The van der Waals surface area contributed by atoms with Gasteiger partial charge in [-0.25, -0.2) is 0 Å². The largest absolute Gasteiger partial charge is 0.484 e. The zero-order valence-electron chi connectivity index (χ0n) is 11.2. The van der Waals surface area contributed by atoms with Crippen molar-refractivity contribution in [3.63, 3.8) is 0 Å². The molecule has 0 aromatic heterocycles. The van der Waals surface area contributed by atoms with Gasteiger partial charge in [0.25, 0.3) is 0 Å². The molecule has 2 rings (SSSR count). The van der Waals surface area contributed by atoms with E-state index in [1.165, 1.54) is 0 Å². The van der Waals surface area contributed by atoms with Crippen molar-refractivity contribution in [3.8, 4) is 5.75 Å². The fraction of sp³-hybridized carbons (Fsp3) is 0.250. The van der Waals surface area contributed by atoms with Crippen LogP contribution in [-0.4, -0.2) is 6.04 Å². The van der Waals surface area contributed by atoms with Crippen molar-refractivity contribution in [1.82, 2.24) is 0 Å². The third-order valence-corrected chi connectivity index (χ3v) is 4.15. The molecule has 0 bridgehead atoms. The fourth-order valence-electron chi connectivity index (χ4n) is 1.99. The van der Waals surface area contributed by atoms with E-state index in [4.69, 9.17) is 22.1 Å². The molecule has 0 spiro atoms. The van der Waals surface area contributed by atoms with Gasteiger partial charge in [-0.15, -0.1) is 0 Å². The van der Waals surface area contributed by atoms with Crippen molar-refractivity contribution >= 4 is 34.2 Å². The summed E-state index contributed by atoms with van der Waals surface area (Å²) in [4.78, 5) is 0. The van der Waals surface area contributed by atoms with Gasteiger partial charge in [0.2, 0.25) is 0 Å². The summed E-state index contributed by atoms with van der Waals surface area (Å²) in [6.45, 7) is 2.05. The molecule has 2 atom stereocenters. The molecule has 0 aliphatic rings. The lowest BCUT2D eigenvalue weighted by atomic mass is 10.0. The molecule has 2 aromatic carbocycles. The minimum Gasteiger partial charge on any atom is -0.484 e. The molecule has 0 aliphatic heterocycles. The van der Waals surface area contributed by atoms with Crippen molar-refractivity contribution in [3.05, 3.63) is 62.7 Å². The molecule has 20 heavy (non-hydrogen) atoms. The molecular formula is C16H17ClINO. The molecule has 0 amide bonds. The fourth-order valence-corrected chi connectivity index (χ4v) is 2.75. The third kappa shape index (κ3) is 3.87. The Morgan fingerprint density at radius 3 is 2.60 bits per heavy atom. The highest BCUT2D eigenvalue weighted by molar-refractivity contribution is 14.1. The number of hydrogen-bond acceptors (Lipinski definition) is 2. The summed E-state index contributed by atoms with van der Waals surface area (Å²) in [7, 11) is 0. The van der Waals surface area contributed by atoms with Crippen LogP contribution in [-0.2, 0) is 0 Å². The average Bonchev–Trinajstić information content (AvgIpc) is 2.45. The van der Waals surface area contributed by atoms with Gasteiger partial charge >= 0.3 is 0 Å². The van der Waals surface area contributed by atoms with Crippen LogP contribution in [0.25, 0.3) is 0 Å². The van der Waals surface area contributed by atoms with Crippen LogP contribution < -0.4 is 10.5 Å². The van der Waals surface area contributed by atoms with E-state index < -0.39 is 0 Å². The number of rotatable bonds is 5. The smallest absolute Gasteiger partial charge is 0.140 e. The quantitative estimate of drug-likeness (QED) is 0.730. The minimum absolute atomic E-state index is 0.104. The maximum Gasteiger partial charge on any atom is 0.140 e. The van der Waals surface area contributed by atoms with Gasteiger partial charge in [0.1, 0.15) is 11.9 Å². The van der Waals surface area contributed by atoms with Crippen LogP contribution in [0.1, 0.15) is 25.0 Å². The van der Waals surface area contributed by atoms with E-state index in [9.17, 15) is 0 Å². The molecule has 0 heterocycles. The molecule has 2 aromatic rings. The number of benzene rings is 2. The molecule has 2 nitrogen and oxygen atoms in total. The van der Waals surface area contributed by atoms with Gasteiger partial charge in [0.05, 0.1) is 0 Å². The Balaban J connectivity index is 2.32. The molecule has 2 N–H and O–H groups in total. The second kappa shape index (κ2) is 7.29. The van der Waals surface area contributed by atoms with Gasteiger partial charge < -0.3 is 10.5 Å². The molecule has 2 unspecified atom stereocenters. The Hall–Kier alpha value is -0.780. The Morgan fingerprint density at radius 1 is 1.20 bits per heavy atom. The maximum atomic E-state index is 6.28. The predicted octanol–water partition coefficient (Wildman–Crippen LogP) is 4.80. The van der Waals surface area contributed by atoms with Crippen LogP contribution in [0.4, 0.5) is 0 Å². The van der Waals surface area contributed by atoms with Gasteiger partial charge in [-0.05, 0) is 53.3 Å². The van der Waals surface area contributed by atoms with Crippen LogP contribution in [0, 0.1) is 3.57 Å². The van der Waals surface area contributed by atoms with E-state index in [-0.39, 0.29) is 12.1 Å². The number of nitrogens with two attached hydrogens (primary N) is 1. The standard InChI is InChI=1S/C16H17ClINO/c1-2-15(19)16(13-8-3-4-9-14(13)17)20-12-7-5-6-11(18)10-12/h3-10,15-16H,2,19H2,1H3. The zero-order valence-corrected chi connectivity index (χ0v) is 14.1. The normalized spacial score (nSPS) is 13.8. The van der Waals surface area contributed by atoms with Crippen LogP contribution >= 0.6 is 34.2 Å². The Kier molecular flexibility index (Phi) is 5.69. The van der Waals surface area contributed by atoms with E-state index in [0.717, 1.165) is 21.3 Å². The summed E-state index contributed by atoms with van der Waals surface area (Å²) in [5, 5.41) is 0.687. The summed E-state index contributed by atoms with van der Waals surface area (Å²) in [6.07, 6.45) is 0.576. The van der Waals surface area contributed by atoms with Crippen LogP contribution in [0.3, 0.4) is 0 Å². The van der Waals surface area contributed by atoms with Crippen molar-refractivity contribution in [2.45, 2.75) is 25.5 Å². The van der Waals surface area contributed by atoms with E-state index in [1.54, 1.807) is 0 Å². The van der Waals surface area contributed by atoms with E-state index in [0.29, 0.717) is 5.02 Å². The SMILES string of the molecule is CCC(N)C(Oc1cccc(I)c1)c1ccccc1Cl. The molecule has 0 saturated heterocycles. The average molecular weight is 402 g/mol. The first-order valence-electron chi connectivity index (χ1n) is 6.54. The summed E-state index contributed by atoms with van der Waals surface area (Å²) in [6, 6.07) is 15.5. The summed E-state index contributed by atoms with van der Waals surface area (Å²) < 4.78 is 7.23. The van der Waals surface area contributed by atoms with Gasteiger partial charge in [0, 0.05) is 20.2 Å². The summed E-state index contributed by atoms with van der Waals surface area (Å²) in [5.74, 6) is 0.811. The van der Waals surface area contributed by atoms with Crippen molar-refractivity contribution in [2.24, 2.45) is 5.73 Å². The van der Waals surface area contributed by atoms with Gasteiger partial charge in [-0.2, -0.15) is 0 Å². The predicted molar refractivity (Wildman–Crippen MR) is 92.2 cm³/mol. The second-order valence-electron chi connectivity index (χ2n) is 4.59. The first-order chi connectivity index (χ1) is 9.61. The Bertz CT molecular complexity index is 576. The molecule has 0 fully saturated rings. The van der Waals surface area contributed by atoms with Crippen molar-refractivity contribution in [2.75, 3.05) is 0 Å². The number of halogens is 2. The van der Waals surface area contributed by atoms with Crippen molar-refractivity contribution < 1.29 is 4.74 Å². The lowest BCUT2D eigenvalue weighted by molar-refractivity contribution is 0.171. The molecular weight excluding hydrogens is 385 g/mol. The lowest BCUT2D eigenvalue weighted by Gasteiger charge is -2.25. The molecule has 0 radical (unpaired) electrons. The van der Waals surface area contributed by atoms with E-state index >= 15 is 0 Å². The van der Waals surface area contributed by atoms with Crippen molar-refractivity contribution in [1.29, 1.82) is 0 Å². The zero-order chi connectivity index (χ0) is 14.5. The van der Waals surface area contributed by atoms with Gasteiger partial charge in [-0.3, -0.25) is 0 Å². The number of ether oxygens (including phenoxy) is 1. The molecule has 4 heteroatoms. The molecule has 0 saturated carbocycles. The van der Waals surface area contributed by atoms with Crippen LogP contribution in [0.15, 0.2) is 48.5 Å². The second-order valence-corrected chi connectivity index (χ2v) is 6.24. The minimum atomic E-state index is -0.244. The molecule has 106 valence electrons. The van der Waals surface area contributed by atoms with Crippen LogP contribution in [0.5, 0.6) is 5.75 Å². The van der Waals surface area contributed by atoms with E-state index in [2.05, 4.69) is 22.6 Å². The summed E-state index contributed by atoms with van der Waals surface area (Å²) in [5.41, 5.74) is 7.15. The monoisotopic (exact) mass is 401 g/mol. The molecule has 0 aliphatic carbocycles.